The monoisotopic (exact) mass is 487 g/mol. The second-order valence-electron chi connectivity index (χ2n) is 7.56. The van der Waals surface area contributed by atoms with Gasteiger partial charge in [-0.15, -0.1) is 0 Å². The van der Waals surface area contributed by atoms with Crippen LogP contribution in [-0.2, 0) is 32.3 Å². The summed E-state index contributed by atoms with van der Waals surface area (Å²) in [6.07, 6.45) is -4.73. The molecule has 0 amide bonds. The van der Waals surface area contributed by atoms with Crippen LogP contribution < -0.4 is 9.46 Å². The van der Waals surface area contributed by atoms with E-state index >= 15 is 0 Å². The highest BCUT2D eigenvalue weighted by molar-refractivity contribution is 7.89. The Morgan fingerprint density at radius 1 is 1.09 bits per heavy atom. The molecule has 0 fully saturated rings. The van der Waals surface area contributed by atoms with Crippen LogP contribution in [0, 0.1) is 5.92 Å². The van der Waals surface area contributed by atoms with Crippen molar-refractivity contribution in [3.63, 3.8) is 0 Å². The predicted molar refractivity (Wildman–Crippen MR) is 113 cm³/mol. The Hall–Kier alpha value is -2.92. The van der Waals surface area contributed by atoms with E-state index in [0.29, 0.717) is 22.9 Å². The number of benzene rings is 2. The van der Waals surface area contributed by atoms with Gasteiger partial charge in [0, 0.05) is 11.1 Å². The quantitative estimate of drug-likeness (QED) is 0.425. The van der Waals surface area contributed by atoms with Gasteiger partial charge in [0.15, 0.2) is 5.78 Å². The van der Waals surface area contributed by atoms with E-state index in [2.05, 4.69) is 4.72 Å². The van der Waals surface area contributed by atoms with Crippen LogP contribution in [0.2, 0.25) is 0 Å². The molecule has 0 aliphatic heterocycles. The molecule has 0 radical (unpaired) electrons. The smallest absolute Gasteiger partial charge is 0.416 e. The number of ketones is 1. The number of halogens is 3. The Morgan fingerprint density at radius 3 is 2.30 bits per heavy atom. The van der Waals surface area contributed by atoms with Gasteiger partial charge in [0.1, 0.15) is 18.4 Å². The number of carbonyl (C=O) groups excluding carboxylic acids is 2. The standard InChI is InChI=1S/C22H24F3NO6S/c1-13(2)20(26-33(29,30)18-7-5-6-17(11-18)22(23,24)25)21(28)32-12-16-10-15(14(3)27)8-9-19(16)31-4/h5-11,13,20,26H,12H2,1-4H3/t20-/m0/s1. The highest BCUT2D eigenvalue weighted by Gasteiger charge is 2.34. The van der Waals surface area contributed by atoms with E-state index in [4.69, 9.17) is 9.47 Å². The van der Waals surface area contributed by atoms with Crippen molar-refractivity contribution in [2.24, 2.45) is 5.92 Å². The zero-order valence-corrected chi connectivity index (χ0v) is 19.2. The lowest BCUT2D eigenvalue weighted by Crippen LogP contribution is -2.45. The number of hydrogen-bond donors (Lipinski definition) is 1. The van der Waals surface area contributed by atoms with Gasteiger partial charge in [-0.2, -0.15) is 17.9 Å². The minimum absolute atomic E-state index is 0.209. The van der Waals surface area contributed by atoms with Crippen LogP contribution in [0.15, 0.2) is 47.4 Å². The van der Waals surface area contributed by atoms with Gasteiger partial charge < -0.3 is 9.47 Å². The molecular formula is C22H24F3NO6S. The summed E-state index contributed by atoms with van der Waals surface area (Å²) in [4.78, 5) is 23.7. The lowest BCUT2D eigenvalue weighted by molar-refractivity contribution is -0.148. The maximum atomic E-state index is 13.0. The van der Waals surface area contributed by atoms with E-state index in [-0.39, 0.29) is 12.4 Å². The first-order valence-corrected chi connectivity index (χ1v) is 11.3. The Labute approximate surface area is 189 Å². The van der Waals surface area contributed by atoms with Gasteiger partial charge in [-0.1, -0.05) is 19.9 Å². The first kappa shape index (κ1) is 26.3. The lowest BCUT2D eigenvalue weighted by atomic mass is 10.1. The fourth-order valence-corrected chi connectivity index (χ4v) is 4.26. The van der Waals surface area contributed by atoms with Crippen molar-refractivity contribution < 1.29 is 40.7 Å². The zero-order chi connectivity index (χ0) is 25.0. The van der Waals surface area contributed by atoms with Gasteiger partial charge in [0.25, 0.3) is 0 Å². The number of methoxy groups -OCH3 is 1. The number of nitrogens with one attached hydrogen (secondary N) is 1. The maximum Gasteiger partial charge on any atom is 0.416 e. The van der Waals surface area contributed by atoms with Crippen LogP contribution in [0.5, 0.6) is 5.75 Å². The molecule has 0 aliphatic carbocycles. The van der Waals surface area contributed by atoms with Crippen LogP contribution in [0.3, 0.4) is 0 Å². The zero-order valence-electron chi connectivity index (χ0n) is 18.4. The summed E-state index contributed by atoms with van der Waals surface area (Å²) in [5.41, 5.74) is -0.374. The molecule has 180 valence electrons. The third kappa shape index (κ3) is 6.78. The molecule has 11 heteroatoms. The first-order chi connectivity index (χ1) is 15.3. The van der Waals surface area contributed by atoms with Crippen molar-refractivity contribution in [3.8, 4) is 5.75 Å². The van der Waals surface area contributed by atoms with E-state index in [0.717, 1.165) is 18.2 Å². The lowest BCUT2D eigenvalue weighted by Gasteiger charge is -2.21. The van der Waals surface area contributed by atoms with Crippen molar-refractivity contribution >= 4 is 21.8 Å². The van der Waals surface area contributed by atoms with Crippen LogP contribution in [0.4, 0.5) is 13.2 Å². The highest BCUT2D eigenvalue weighted by atomic mass is 32.2. The molecule has 0 aromatic heterocycles. The number of esters is 1. The molecule has 2 aromatic carbocycles. The van der Waals surface area contributed by atoms with Crippen molar-refractivity contribution in [1.82, 2.24) is 4.72 Å². The van der Waals surface area contributed by atoms with E-state index < -0.39 is 44.6 Å². The van der Waals surface area contributed by atoms with Crippen LogP contribution in [0.25, 0.3) is 0 Å². The number of ether oxygens (including phenoxy) is 2. The molecule has 0 aliphatic rings. The maximum absolute atomic E-state index is 13.0. The van der Waals surface area contributed by atoms with Crippen molar-refractivity contribution in [3.05, 3.63) is 59.2 Å². The van der Waals surface area contributed by atoms with Gasteiger partial charge in [-0.3, -0.25) is 9.59 Å². The molecule has 0 heterocycles. The van der Waals surface area contributed by atoms with Gasteiger partial charge in [-0.25, -0.2) is 8.42 Å². The molecule has 1 atom stereocenters. The second-order valence-corrected chi connectivity index (χ2v) is 9.27. The average molecular weight is 487 g/mol. The van der Waals surface area contributed by atoms with Gasteiger partial charge in [-0.05, 0) is 49.2 Å². The van der Waals surface area contributed by atoms with E-state index in [1.807, 2.05) is 0 Å². The van der Waals surface area contributed by atoms with E-state index in [1.165, 1.54) is 26.2 Å². The average Bonchev–Trinajstić information content (AvgIpc) is 2.74. The van der Waals surface area contributed by atoms with Crippen molar-refractivity contribution in [2.75, 3.05) is 7.11 Å². The summed E-state index contributed by atoms with van der Waals surface area (Å²) >= 11 is 0. The predicted octanol–water partition coefficient (Wildman–Crippen LogP) is 3.96. The molecule has 2 aromatic rings. The molecule has 0 saturated heterocycles. The molecular weight excluding hydrogens is 463 g/mol. The summed E-state index contributed by atoms with van der Waals surface area (Å²) in [5.74, 6) is -1.36. The summed E-state index contributed by atoms with van der Waals surface area (Å²) in [6, 6.07) is 6.41. The number of hydrogen-bond acceptors (Lipinski definition) is 6. The van der Waals surface area contributed by atoms with Gasteiger partial charge >= 0.3 is 12.1 Å². The van der Waals surface area contributed by atoms with E-state index in [9.17, 15) is 31.2 Å². The number of carbonyl (C=O) groups is 2. The fourth-order valence-electron chi connectivity index (χ4n) is 2.88. The normalized spacial score (nSPS) is 13.0. The second kappa shape index (κ2) is 10.3. The Kier molecular flexibility index (Phi) is 8.25. The molecule has 0 saturated carbocycles. The molecule has 0 unspecified atom stereocenters. The summed E-state index contributed by atoms with van der Waals surface area (Å²) in [5, 5.41) is 0. The third-order valence-electron chi connectivity index (χ3n) is 4.73. The Bertz CT molecular complexity index is 1130. The molecule has 2 rings (SSSR count). The van der Waals surface area contributed by atoms with Crippen LogP contribution >= 0.6 is 0 Å². The highest BCUT2D eigenvalue weighted by Crippen LogP contribution is 2.30. The Balaban J connectivity index is 2.23. The largest absolute Gasteiger partial charge is 0.496 e. The van der Waals surface area contributed by atoms with Crippen molar-refractivity contribution in [1.29, 1.82) is 0 Å². The topological polar surface area (TPSA) is 98.8 Å². The van der Waals surface area contributed by atoms with Crippen molar-refractivity contribution in [2.45, 2.75) is 44.5 Å². The molecule has 33 heavy (non-hydrogen) atoms. The molecule has 7 nitrogen and oxygen atoms in total. The first-order valence-electron chi connectivity index (χ1n) is 9.80. The SMILES string of the molecule is COc1ccc(C(C)=O)cc1COC(=O)[C@@H](NS(=O)(=O)c1cccc(C(F)(F)F)c1)C(C)C. The minimum atomic E-state index is -4.73. The minimum Gasteiger partial charge on any atom is -0.496 e. The van der Waals surface area contributed by atoms with Gasteiger partial charge in [0.2, 0.25) is 10.0 Å². The number of rotatable bonds is 9. The summed E-state index contributed by atoms with van der Waals surface area (Å²) < 4.78 is 76.8. The van der Waals surface area contributed by atoms with E-state index in [1.54, 1.807) is 19.9 Å². The Morgan fingerprint density at radius 2 is 1.76 bits per heavy atom. The molecule has 0 spiro atoms. The number of alkyl halides is 3. The summed E-state index contributed by atoms with van der Waals surface area (Å²) in [7, 11) is -3.07. The number of sulfonamides is 1. The molecule has 1 N–H and O–H groups in total. The third-order valence-corrected chi connectivity index (χ3v) is 6.17. The summed E-state index contributed by atoms with van der Waals surface area (Å²) in [6.45, 7) is 4.17. The van der Waals surface area contributed by atoms with Crippen LogP contribution in [0.1, 0.15) is 42.3 Å². The molecule has 0 bridgehead atoms. The van der Waals surface area contributed by atoms with Gasteiger partial charge in [0.05, 0.1) is 17.6 Å². The fraction of sp³-hybridized carbons (Fsp3) is 0.364. The van der Waals surface area contributed by atoms with Crippen LogP contribution in [-0.4, -0.2) is 33.3 Å². The number of Topliss-reactive ketones (excluding diaryl/α,β-unsaturated/α-hetero) is 1.